The van der Waals surface area contributed by atoms with E-state index in [1.54, 1.807) is 18.5 Å². The van der Waals surface area contributed by atoms with Crippen LogP contribution in [0.4, 0.5) is 0 Å². The van der Waals surface area contributed by atoms with E-state index in [0.29, 0.717) is 35.3 Å². The monoisotopic (exact) mass is 436 g/mol. The van der Waals surface area contributed by atoms with E-state index in [-0.39, 0.29) is 23.8 Å². The zero-order valence-electron chi connectivity index (χ0n) is 17.1. The molecule has 0 atom stereocenters. The molecule has 8 heteroatoms. The third kappa shape index (κ3) is 4.44. The van der Waals surface area contributed by atoms with E-state index in [9.17, 15) is 9.59 Å². The third-order valence-corrected chi connectivity index (χ3v) is 6.76. The number of hydrogen-bond acceptors (Lipinski definition) is 6. The van der Waals surface area contributed by atoms with E-state index in [0.717, 1.165) is 36.6 Å². The molecule has 7 nitrogen and oxygen atoms in total. The highest BCUT2D eigenvalue weighted by molar-refractivity contribution is 7.98. The van der Waals surface area contributed by atoms with Crippen molar-refractivity contribution in [1.82, 2.24) is 20.2 Å². The normalized spacial score (nSPS) is 17.1. The van der Waals surface area contributed by atoms with E-state index >= 15 is 0 Å². The van der Waals surface area contributed by atoms with Gasteiger partial charge in [-0.15, -0.1) is 0 Å². The number of para-hydroxylation sites is 1. The zero-order chi connectivity index (χ0) is 21.2. The summed E-state index contributed by atoms with van der Waals surface area (Å²) in [7, 11) is 0. The Hall–Kier alpha value is -2.87. The largest absolute Gasteiger partial charge is 0.451 e. The smallest absolute Gasteiger partial charge is 0.287 e. The van der Waals surface area contributed by atoms with E-state index in [2.05, 4.69) is 15.3 Å². The maximum Gasteiger partial charge on any atom is 0.287 e. The summed E-state index contributed by atoms with van der Waals surface area (Å²) < 4.78 is 5.96. The predicted octanol–water partition coefficient (Wildman–Crippen LogP) is 3.65. The average Bonchev–Trinajstić information content (AvgIpc) is 3.59. The summed E-state index contributed by atoms with van der Waals surface area (Å²) in [4.78, 5) is 35.8. The molecule has 3 heterocycles. The van der Waals surface area contributed by atoms with Gasteiger partial charge in [0.25, 0.3) is 5.91 Å². The highest BCUT2D eigenvalue weighted by Crippen LogP contribution is 2.33. The van der Waals surface area contributed by atoms with Gasteiger partial charge >= 0.3 is 0 Å². The average molecular weight is 437 g/mol. The second-order valence-electron chi connectivity index (χ2n) is 8.07. The van der Waals surface area contributed by atoms with Crippen molar-refractivity contribution < 1.29 is 14.0 Å². The fraction of sp³-hybridized carbons (Fsp3) is 0.391. The van der Waals surface area contributed by atoms with Crippen LogP contribution in [0, 0.1) is 5.92 Å². The molecule has 2 aliphatic rings. The third-order valence-electron chi connectivity index (χ3n) is 5.86. The van der Waals surface area contributed by atoms with Crippen molar-refractivity contribution in [1.29, 1.82) is 0 Å². The van der Waals surface area contributed by atoms with Crippen molar-refractivity contribution in [2.45, 2.75) is 42.6 Å². The molecule has 0 radical (unpaired) electrons. The molecule has 0 spiro atoms. The van der Waals surface area contributed by atoms with Crippen LogP contribution in [-0.2, 0) is 10.5 Å². The van der Waals surface area contributed by atoms with Crippen molar-refractivity contribution in [2.75, 3.05) is 13.1 Å². The summed E-state index contributed by atoms with van der Waals surface area (Å²) in [6, 6.07) is 9.51. The molecule has 0 bridgehead atoms. The Morgan fingerprint density at radius 1 is 1.06 bits per heavy atom. The maximum atomic E-state index is 13.1. The SMILES string of the molecule is O=C(NC1CCN(C(=O)C2CC2)CC1)c1oc2ccccc2c1CSc1ncccn1. The van der Waals surface area contributed by atoms with Crippen LogP contribution in [-0.4, -0.2) is 45.8 Å². The minimum atomic E-state index is -0.201. The molecule has 1 aliphatic carbocycles. The number of thioether (sulfide) groups is 1. The van der Waals surface area contributed by atoms with Crippen LogP contribution >= 0.6 is 11.8 Å². The molecule has 3 aromatic rings. The van der Waals surface area contributed by atoms with Gasteiger partial charge in [0.15, 0.2) is 10.9 Å². The van der Waals surface area contributed by atoms with Gasteiger partial charge in [0.1, 0.15) is 5.58 Å². The number of benzene rings is 1. The van der Waals surface area contributed by atoms with Crippen molar-refractivity contribution >= 4 is 34.5 Å². The molecule has 2 fully saturated rings. The minimum absolute atomic E-state index is 0.0434. The summed E-state index contributed by atoms with van der Waals surface area (Å²) in [5.41, 5.74) is 1.55. The van der Waals surface area contributed by atoms with Crippen LogP contribution in [0.15, 0.2) is 52.3 Å². The number of piperidine rings is 1. The van der Waals surface area contributed by atoms with Crippen molar-refractivity contribution in [3.8, 4) is 0 Å². The number of hydrogen-bond donors (Lipinski definition) is 1. The lowest BCUT2D eigenvalue weighted by molar-refractivity contribution is -0.133. The number of aromatic nitrogens is 2. The summed E-state index contributed by atoms with van der Waals surface area (Å²) in [5.74, 6) is 1.21. The van der Waals surface area contributed by atoms with Gasteiger partial charge in [-0.3, -0.25) is 9.59 Å². The Labute approximate surface area is 184 Å². The Morgan fingerprint density at radius 3 is 2.55 bits per heavy atom. The van der Waals surface area contributed by atoms with Gasteiger partial charge in [0.2, 0.25) is 5.91 Å². The van der Waals surface area contributed by atoms with Crippen LogP contribution in [0.1, 0.15) is 41.8 Å². The summed E-state index contributed by atoms with van der Waals surface area (Å²) in [5, 5.41) is 4.72. The quantitative estimate of drug-likeness (QED) is 0.469. The lowest BCUT2D eigenvalue weighted by Gasteiger charge is -2.32. The molecule has 2 aromatic heterocycles. The first-order valence-electron chi connectivity index (χ1n) is 10.7. The van der Waals surface area contributed by atoms with Crippen LogP contribution in [0.2, 0.25) is 0 Å². The van der Waals surface area contributed by atoms with E-state index in [1.165, 1.54) is 11.8 Å². The lowest BCUT2D eigenvalue weighted by atomic mass is 10.0. The van der Waals surface area contributed by atoms with Gasteiger partial charge < -0.3 is 14.6 Å². The number of nitrogens with zero attached hydrogens (tertiary/aromatic N) is 3. The summed E-state index contributed by atoms with van der Waals surface area (Å²) in [6.45, 7) is 1.41. The van der Waals surface area contributed by atoms with Crippen LogP contribution < -0.4 is 5.32 Å². The Kier molecular flexibility index (Phi) is 5.63. The Morgan fingerprint density at radius 2 is 1.81 bits per heavy atom. The highest BCUT2D eigenvalue weighted by atomic mass is 32.2. The molecule has 1 aliphatic heterocycles. The Bertz CT molecular complexity index is 1090. The standard InChI is InChI=1S/C23H24N4O3S/c28-21(26-16-8-12-27(13-9-16)22(29)15-6-7-15)20-18(14-31-23-24-10-3-11-25-23)17-4-1-2-5-19(17)30-20/h1-5,10-11,15-16H,6-9,12-14H2,(H,26,28). The fourth-order valence-corrected chi connectivity index (χ4v) is 4.84. The van der Waals surface area contributed by atoms with Gasteiger partial charge in [-0.1, -0.05) is 30.0 Å². The number of likely N-dealkylation sites (tertiary alicyclic amines) is 1. The van der Waals surface area contributed by atoms with Gasteiger partial charge in [-0.2, -0.15) is 0 Å². The van der Waals surface area contributed by atoms with E-state index < -0.39 is 0 Å². The summed E-state index contributed by atoms with van der Waals surface area (Å²) in [6.07, 6.45) is 7.00. The van der Waals surface area contributed by atoms with Crippen LogP contribution in [0.3, 0.4) is 0 Å². The van der Waals surface area contributed by atoms with Crippen molar-refractivity contribution in [3.05, 3.63) is 54.0 Å². The van der Waals surface area contributed by atoms with Gasteiger partial charge in [0, 0.05) is 54.1 Å². The van der Waals surface area contributed by atoms with Crippen molar-refractivity contribution in [2.24, 2.45) is 5.92 Å². The molecule has 31 heavy (non-hydrogen) atoms. The molecule has 160 valence electrons. The molecule has 1 saturated carbocycles. The second kappa shape index (κ2) is 8.70. The van der Waals surface area contributed by atoms with Crippen molar-refractivity contribution in [3.63, 3.8) is 0 Å². The number of amides is 2. The van der Waals surface area contributed by atoms with Gasteiger partial charge in [-0.25, -0.2) is 9.97 Å². The first-order valence-corrected chi connectivity index (χ1v) is 11.7. The molecular weight excluding hydrogens is 412 g/mol. The van der Waals surface area contributed by atoms with E-state index in [4.69, 9.17) is 4.42 Å². The maximum absolute atomic E-state index is 13.1. The summed E-state index contributed by atoms with van der Waals surface area (Å²) >= 11 is 1.48. The number of furan rings is 1. The molecule has 1 saturated heterocycles. The van der Waals surface area contributed by atoms with Crippen LogP contribution in [0.5, 0.6) is 0 Å². The van der Waals surface area contributed by atoms with Gasteiger partial charge in [0.05, 0.1) is 0 Å². The Balaban J connectivity index is 1.28. The van der Waals surface area contributed by atoms with E-state index in [1.807, 2.05) is 29.2 Å². The number of nitrogens with one attached hydrogen (secondary N) is 1. The topological polar surface area (TPSA) is 88.3 Å². The molecule has 0 unspecified atom stereocenters. The molecule has 5 rings (SSSR count). The number of carbonyl (C=O) groups is 2. The molecule has 1 aromatic carbocycles. The second-order valence-corrected chi connectivity index (χ2v) is 9.02. The first-order chi connectivity index (χ1) is 15.2. The lowest BCUT2D eigenvalue weighted by Crippen LogP contribution is -2.47. The van der Waals surface area contributed by atoms with Crippen LogP contribution in [0.25, 0.3) is 11.0 Å². The molecule has 2 amide bonds. The molecular formula is C23H24N4O3S. The molecule has 1 N–H and O–H groups in total. The number of fused-ring (bicyclic) bond motifs is 1. The van der Waals surface area contributed by atoms with Gasteiger partial charge in [-0.05, 0) is 37.8 Å². The number of rotatable bonds is 6. The minimum Gasteiger partial charge on any atom is -0.451 e. The predicted molar refractivity (Wildman–Crippen MR) is 118 cm³/mol. The fourth-order valence-electron chi connectivity index (χ4n) is 4.01. The highest BCUT2D eigenvalue weighted by Gasteiger charge is 2.35. The zero-order valence-corrected chi connectivity index (χ0v) is 17.9. The number of carbonyl (C=O) groups excluding carboxylic acids is 2. The first kappa shape index (κ1) is 20.1.